The summed E-state index contributed by atoms with van der Waals surface area (Å²) in [5, 5.41) is 15.2. The van der Waals surface area contributed by atoms with Crippen LogP contribution in [-0.2, 0) is 0 Å². The fourth-order valence-electron chi connectivity index (χ4n) is 4.03. The zero-order chi connectivity index (χ0) is 24.0. The highest BCUT2D eigenvalue weighted by atomic mass is 35.5. The van der Waals surface area contributed by atoms with Crippen LogP contribution in [0.3, 0.4) is 0 Å². The Morgan fingerprint density at radius 2 is 2.03 bits per heavy atom. The Hall–Kier alpha value is -4.02. The van der Waals surface area contributed by atoms with Crippen LogP contribution in [0.15, 0.2) is 58.6 Å². The van der Waals surface area contributed by atoms with Gasteiger partial charge in [-0.05, 0) is 43.7 Å². The van der Waals surface area contributed by atoms with Crippen molar-refractivity contribution in [1.82, 2.24) is 19.9 Å². The smallest absolute Gasteiger partial charge is 0.263 e. The van der Waals surface area contributed by atoms with Crippen molar-refractivity contribution in [3.05, 3.63) is 75.3 Å². The molecule has 5 N–H and O–H groups in total. The number of aromatic amines is 1. The summed E-state index contributed by atoms with van der Waals surface area (Å²) in [4.78, 5) is 33.9. The summed E-state index contributed by atoms with van der Waals surface area (Å²) >= 11 is 6.43. The summed E-state index contributed by atoms with van der Waals surface area (Å²) in [5.41, 5.74) is 8.44. The second-order valence-corrected chi connectivity index (χ2v) is 8.36. The molecule has 1 aliphatic heterocycles. The van der Waals surface area contributed by atoms with Crippen LogP contribution in [0.5, 0.6) is 0 Å². The molecule has 2 aromatic carbocycles. The highest BCUT2D eigenvalue weighted by Crippen LogP contribution is 2.41. The highest BCUT2D eigenvalue weighted by Gasteiger charge is 2.34. The van der Waals surface area contributed by atoms with E-state index in [0.717, 1.165) is 11.3 Å². The average molecular weight is 477 g/mol. The summed E-state index contributed by atoms with van der Waals surface area (Å²) in [6.07, 6.45) is 0.172. The molecule has 11 heteroatoms. The third-order valence-corrected chi connectivity index (χ3v) is 5.88. The predicted molar refractivity (Wildman–Crippen MR) is 133 cm³/mol. The molecule has 5 rings (SSSR count). The van der Waals surface area contributed by atoms with Gasteiger partial charge in [0, 0.05) is 11.3 Å². The first-order valence-corrected chi connectivity index (χ1v) is 10.9. The molecule has 34 heavy (non-hydrogen) atoms. The molecule has 0 saturated heterocycles. The molecule has 0 radical (unpaired) electrons. The third-order valence-electron chi connectivity index (χ3n) is 5.55. The lowest BCUT2D eigenvalue weighted by Gasteiger charge is -2.38. The Bertz CT molecular complexity index is 1500. The number of benzene rings is 2. The van der Waals surface area contributed by atoms with Gasteiger partial charge in [0.15, 0.2) is 11.9 Å². The number of H-pyrrole nitrogens is 1. The predicted octanol–water partition coefficient (Wildman–Crippen LogP) is 3.30. The zero-order valence-electron chi connectivity index (χ0n) is 18.3. The fraction of sp³-hybridized carbons (Fsp3) is 0.174. The van der Waals surface area contributed by atoms with Gasteiger partial charge in [-0.15, -0.1) is 0 Å². The highest BCUT2D eigenvalue weighted by molar-refractivity contribution is 6.32. The van der Waals surface area contributed by atoms with Crippen LogP contribution in [0.2, 0.25) is 5.02 Å². The molecular weight excluding hydrogens is 456 g/mol. The van der Waals surface area contributed by atoms with E-state index in [9.17, 15) is 9.90 Å². The quantitative estimate of drug-likeness (QED) is 0.351. The largest absolute Gasteiger partial charge is 0.369 e. The summed E-state index contributed by atoms with van der Waals surface area (Å²) in [6.45, 7) is 3.81. The number of aliphatic hydroxyl groups excluding tert-OH is 1. The van der Waals surface area contributed by atoms with Gasteiger partial charge < -0.3 is 21.1 Å². The van der Waals surface area contributed by atoms with Crippen molar-refractivity contribution in [2.24, 2.45) is 4.99 Å². The number of hydrogen-bond donors (Lipinski definition) is 4. The van der Waals surface area contributed by atoms with E-state index in [2.05, 4.69) is 25.3 Å². The molecule has 0 saturated carbocycles. The van der Waals surface area contributed by atoms with Crippen molar-refractivity contribution in [3.63, 3.8) is 0 Å². The van der Waals surface area contributed by atoms with Crippen LogP contribution < -0.4 is 21.5 Å². The van der Waals surface area contributed by atoms with Crippen molar-refractivity contribution in [3.8, 4) is 0 Å². The zero-order valence-corrected chi connectivity index (χ0v) is 19.1. The van der Waals surface area contributed by atoms with E-state index in [1.807, 2.05) is 38.1 Å². The molecule has 4 aromatic rings. The Morgan fingerprint density at radius 1 is 1.24 bits per heavy atom. The van der Waals surface area contributed by atoms with Gasteiger partial charge in [-0.3, -0.25) is 9.69 Å². The number of nitrogens with two attached hydrogens (primary N) is 1. The number of amidine groups is 1. The van der Waals surface area contributed by atoms with E-state index >= 15 is 0 Å². The third kappa shape index (κ3) is 3.72. The number of aliphatic hydroxyl groups is 1. The maximum Gasteiger partial charge on any atom is 0.263 e. The number of hydrogen-bond acceptors (Lipinski definition) is 9. The lowest BCUT2D eigenvalue weighted by Crippen LogP contribution is -2.46. The van der Waals surface area contributed by atoms with E-state index in [-0.39, 0.29) is 22.8 Å². The molecule has 0 bridgehead atoms. The van der Waals surface area contributed by atoms with E-state index in [0.29, 0.717) is 22.1 Å². The Balaban J connectivity index is 1.64. The Morgan fingerprint density at radius 3 is 2.82 bits per heavy atom. The minimum atomic E-state index is -1.08. The molecule has 0 aliphatic carbocycles. The number of rotatable bonds is 4. The first kappa shape index (κ1) is 21.8. The molecule has 2 aromatic heterocycles. The van der Waals surface area contributed by atoms with Crippen LogP contribution in [0.4, 0.5) is 23.1 Å². The van der Waals surface area contributed by atoms with Crippen molar-refractivity contribution in [2.75, 3.05) is 16.0 Å². The molecular formula is C23H21ClN8O2. The van der Waals surface area contributed by atoms with Crippen LogP contribution in [-0.4, -0.2) is 36.9 Å². The molecule has 0 amide bonds. The number of fused-ring (bicyclic) bond motifs is 2. The van der Waals surface area contributed by atoms with Gasteiger partial charge in [0.2, 0.25) is 5.95 Å². The summed E-state index contributed by atoms with van der Waals surface area (Å²) < 4.78 is 0. The lowest BCUT2D eigenvalue weighted by molar-refractivity contribution is 0.186. The van der Waals surface area contributed by atoms with Gasteiger partial charge in [-0.2, -0.15) is 9.97 Å². The number of nitrogens with one attached hydrogen (secondary N) is 2. The average Bonchev–Trinajstić information content (AvgIpc) is 2.78. The molecule has 1 unspecified atom stereocenters. The van der Waals surface area contributed by atoms with Gasteiger partial charge in [-0.1, -0.05) is 29.8 Å². The van der Waals surface area contributed by atoms with E-state index in [1.165, 1.54) is 6.33 Å². The first-order chi connectivity index (χ1) is 16.3. The molecule has 0 fully saturated rings. The first-order valence-electron chi connectivity index (χ1n) is 10.5. The van der Waals surface area contributed by atoms with E-state index < -0.39 is 17.8 Å². The van der Waals surface area contributed by atoms with Crippen molar-refractivity contribution < 1.29 is 5.11 Å². The van der Waals surface area contributed by atoms with Crippen LogP contribution in [0, 0.1) is 6.92 Å². The summed E-state index contributed by atoms with van der Waals surface area (Å²) in [5.74, 6) is 0.680. The lowest BCUT2D eigenvalue weighted by atomic mass is 10.0. The normalized spacial score (nSPS) is 16.2. The maximum absolute atomic E-state index is 12.5. The van der Waals surface area contributed by atoms with Gasteiger partial charge in [-0.25, -0.2) is 9.98 Å². The molecule has 172 valence electrons. The summed E-state index contributed by atoms with van der Waals surface area (Å²) in [7, 11) is 0. The number of aryl methyl sites for hydroxylation is 1. The molecule has 2 atom stereocenters. The number of nitrogens with zero attached hydrogens (tertiary/aromatic N) is 5. The van der Waals surface area contributed by atoms with E-state index in [4.69, 9.17) is 22.3 Å². The minimum absolute atomic E-state index is 0.0291. The number of nitrogen functional groups attached to an aromatic ring is 1. The van der Waals surface area contributed by atoms with Crippen LogP contribution >= 0.6 is 11.6 Å². The Kier molecular flexibility index (Phi) is 5.39. The van der Waals surface area contributed by atoms with Crippen LogP contribution in [0.25, 0.3) is 11.0 Å². The molecule has 0 spiro atoms. The second kappa shape index (κ2) is 8.40. The Labute approximate surface area is 199 Å². The number of aliphatic imine (C=N–C) groups is 1. The second-order valence-electron chi connectivity index (χ2n) is 7.95. The van der Waals surface area contributed by atoms with Gasteiger partial charge >= 0.3 is 0 Å². The molecule has 1 aliphatic rings. The minimum Gasteiger partial charge on any atom is -0.369 e. The maximum atomic E-state index is 12.5. The van der Waals surface area contributed by atoms with Crippen molar-refractivity contribution >= 4 is 51.6 Å². The van der Waals surface area contributed by atoms with Crippen LogP contribution in [0.1, 0.15) is 24.3 Å². The van der Waals surface area contributed by atoms with Crippen molar-refractivity contribution in [2.45, 2.75) is 26.1 Å². The molecule has 3 heterocycles. The summed E-state index contributed by atoms with van der Waals surface area (Å²) in [6, 6.07) is 12.5. The standard InChI is InChI=1S/C23H21ClN8O2/c1-11-5-3-6-13(9-11)32-20(29-15-8-4-7-14(24)16(15)22(32)34)12(2)28-19-17-18(30-23(25)31-19)26-10-27-21(17)33/h3-10,12,22,34H,1-2H3,(H4,25,26,27,28,30,31,33)/t12-,22?/m0/s1. The molecule has 10 nitrogen and oxygen atoms in total. The SMILES string of the molecule is Cc1cccc(N2C([C@H](C)Nc3nc(N)nc4nc[nH]c(=O)c34)=Nc3cccc(Cl)c3C2O)c1. The number of aromatic nitrogens is 4. The van der Waals surface area contributed by atoms with Gasteiger partial charge in [0.1, 0.15) is 17.0 Å². The monoisotopic (exact) mass is 476 g/mol. The van der Waals surface area contributed by atoms with Crippen molar-refractivity contribution in [1.29, 1.82) is 0 Å². The van der Waals surface area contributed by atoms with Gasteiger partial charge in [0.05, 0.1) is 23.1 Å². The fourth-order valence-corrected chi connectivity index (χ4v) is 4.30. The number of halogens is 1. The van der Waals surface area contributed by atoms with E-state index in [1.54, 1.807) is 23.1 Å². The number of anilines is 3. The van der Waals surface area contributed by atoms with Gasteiger partial charge in [0.25, 0.3) is 5.56 Å². The topological polar surface area (TPSA) is 145 Å².